The lowest BCUT2D eigenvalue weighted by molar-refractivity contribution is -0.115. The highest BCUT2D eigenvalue weighted by Gasteiger charge is 2.23. The van der Waals surface area contributed by atoms with Gasteiger partial charge in [0.25, 0.3) is 5.91 Å². The van der Waals surface area contributed by atoms with E-state index in [1.54, 1.807) is 23.7 Å². The molecule has 0 aromatic carbocycles. The molecule has 2 aromatic rings. The predicted octanol–water partition coefficient (Wildman–Crippen LogP) is 3.03. The number of carbonyl (C=O) groups is 1. The van der Waals surface area contributed by atoms with Crippen molar-refractivity contribution in [3.8, 4) is 0 Å². The molecule has 2 aromatic heterocycles. The highest BCUT2D eigenvalue weighted by molar-refractivity contribution is 8.18. The van der Waals surface area contributed by atoms with Gasteiger partial charge in [0.1, 0.15) is 0 Å². The van der Waals surface area contributed by atoms with Crippen molar-refractivity contribution in [1.82, 2.24) is 10.3 Å². The molecule has 19 heavy (non-hydrogen) atoms. The summed E-state index contributed by atoms with van der Waals surface area (Å²) in [7, 11) is 0. The van der Waals surface area contributed by atoms with Gasteiger partial charge in [0.05, 0.1) is 16.8 Å². The Hall–Kier alpha value is -1.92. The van der Waals surface area contributed by atoms with E-state index in [1.165, 1.54) is 11.8 Å². The summed E-state index contributed by atoms with van der Waals surface area (Å²) in [4.78, 5) is 21.8. The van der Waals surface area contributed by atoms with E-state index >= 15 is 0 Å². The zero-order chi connectivity index (χ0) is 13.1. The second-order valence-corrected chi connectivity index (χ2v) is 5.72. The van der Waals surface area contributed by atoms with Gasteiger partial charge in [-0.3, -0.25) is 9.78 Å². The zero-order valence-corrected chi connectivity index (χ0v) is 11.4. The summed E-state index contributed by atoms with van der Waals surface area (Å²) in [5.41, 5.74) is 0.725. The van der Waals surface area contributed by atoms with Crippen molar-refractivity contribution < 1.29 is 4.79 Å². The number of thiophene rings is 1. The minimum absolute atomic E-state index is 0.110. The number of thioether (sulfide) groups is 1. The zero-order valence-electron chi connectivity index (χ0n) is 9.74. The van der Waals surface area contributed by atoms with Crippen LogP contribution < -0.4 is 5.32 Å². The Morgan fingerprint density at radius 2 is 2.26 bits per heavy atom. The molecule has 3 heterocycles. The maximum Gasteiger partial charge on any atom is 0.264 e. The van der Waals surface area contributed by atoms with Gasteiger partial charge < -0.3 is 5.32 Å². The third-order valence-corrected chi connectivity index (χ3v) is 4.07. The van der Waals surface area contributed by atoms with E-state index in [0.717, 1.165) is 10.6 Å². The summed E-state index contributed by atoms with van der Waals surface area (Å²) in [5, 5.41) is 5.31. The molecule has 1 saturated heterocycles. The van der Waals surface area contributed by atoms with E-state index in [9.17, 15) is 4.79 Å². The summed E-state index contributed by atoms with van der Waals surface area (Å²) >= 11 is 2.94. The smallest absolute Gasteiger partial charge is 0.264 e. The fraction of sp³-hybridized carbons (Fsp3) is 0. The molecule has 0 radical (unpaired) electrons. The topological polar surface area (TPSA) is 54.4 Å². The molecular weight excluding hydrogens is 278 g/mol. The number of rotatable bonds is 2. The molecule has 1 aliphatic rings. The van der Waals surface area contributed by atoms with Crippen molar-refractivity contribution in [1.29, 1.82) is 0 Å². The van der Waals surface area contributed by atoms with Crippen molar-refractivity contribution in [2.45, 2.75) is 0 Å². The number of nitrogens with one attached hydrogen (secondary N) is 1. The molecule has 0 atom stereocenters. The second kappa shape index (κ2) is 5.38. The Labute approximate surface area is 118 Å². The van der Waals surface area contributed by atoms with Crippen LogP contribution in [0.3, 0.4) is 0 Å². The minimum atomic E-state index is -0.110. The molecule has 0 aliphatic carbocycles. The Balaban J connectivity index is 1.82. The van der Waals surface area contributed by atoms with Crippen LogP contribution in [-0.2, 0) is 4.79 Å². The second-order valence-electron chi connectivity index (χ2n) is 3.71. The maximum absolute atomic E-state index is 11.8. The Kier molecular flexibility index (Phi) is 3.43. The van der Waals surface area contributed by atoms with Crippen molar-refractivity contribution in [3.05, 3.63) is 51.8 Å². The Morgan fingerprint density at radius 3 is 3.00 bits per heavy atom. The molecule has 1 amide bonds. The molecular formula is C13H9N3OS2. The van der Waals surface area contributed by atoms with Crippen molar-refractivity contribution in [2.75, 3.05) is 0 Å². The van der Waals surface area contributed by atoms with Gasteiger partial charge in [0, 0.05) is 11.1 Å². The Morgan fingerprint density at radius 1 is 1.32 bits per heavy atom. The van der Waals surface area contributed by atoms with Gasteiger partial charge in [0.15, 0.2) is 5.17 Å². The average Bonchev–Trinajstić information content (AvgIpc) is 3.02. The molecule has 6 heteroatoms. The molecule has 0 unspecified atom stereocenters. The molecule has 0 saturated carbocycles. The van der Waals surface area contributed by atoms with E-state index in [2.05, 4.69) is 15.3 Å². The van der Waals surface area contributed by atoms with Crippen LogP contribution in [0.15, 0.2) is 51.9 Å². The standard InChI is InChI=1S/C13H9N3OS2/c17-12-11(7-10-4-2-6-18-10)19-13(16-12)15-9-3-1-5-14-8-9/h1-8H,(H,15,16,17)/b11-7-. The van der Waals surface area contributed by atoms with Crippen LogP contribution in [0.25, 0.3) is 6.08 Å². The van der Waals surface area contributed by atoms with Gasteiger partial charge in [-0.2, -0.15) is 0 Å². The van der Waals surface area contributed by atoms with E-state index in [-0.39, 0.29) is 5.91 Å². The number of pyridine rings is 1. The maximum atomic E-state index is 11.8. The van der Waals surface area contributed by atoms with Crippen LogP contribution in [0, 0.1) is 0 Å². The van der Waals surface area contributed by atoms with Gasteiger partial charge in [-0.15, -0.1) is 11.3 Å². The van der Waals surface area contributed by atoms with Crippen LogP contribution in [0.4, 0.5) is 5.69 Å². The highest BCUT2D eigenvalue weighted by atomic mass is 32.2. The van der Waals surface area contributed by atoms with Crippen molar-refractivity contribution in [3.63, 3.8) is 0 Å². The average molecular weight is 287 g/mol. The molecule has 0 spiro atoms. The molecule has 3 rings (SSSR count). The number of amidine groups is 1. The van der Waals surface area contributed by atoms with Gasteiger partial charge in [-0.05, 0) is 41.4 Å². The number of hydrogen-bond donors (Lipinski definition) is 1. The highest BCUT2D eigenvalue weighted by Crippen LogP contribution is 2.28. The monoisotopic (exact) mass is 287 g/mol. The lowest BCUT2D eigenvalue weighted by Crippen LogP contribution is -2.19. The summed E-state index contributed by atoms with van der Waals surface area (Å²) in [5.74, 6) is -0.110. The molecule has 1 N–H and O–H groups in total. The quantitative estimate of drug-likeness (QED) is 0.864. The van der Waals surface area contributed by atoms with Crippen LogP contribution in [-0.4, -0.2) is 16.1 Å². The first-order chi connectivity index (χ1) is 9.31. The molecule has 4 nitrogen and oxygen atoms in total. The lowest BCUT2D eigenvalue weighted by atomic mass is 10.4. The predicted molar refractivity (Wildman–Crippen MR) is 79.4 cm³/mol. The summed E-state index contributed by atoms with van der Waals surface area (Å²) in [6, 6.07) is 7.58. The van der Waals surface area contributed by atoms with Crippen LogP contribution in [0.1, 0.15) is 4.88 Å². The van der Waals surface area contributed by atoms with Crippen molar-refractivity contribution in [2.24, 2.45) is 4.99 Å². The minimum Gasteiger partial charge on any atom is -0.300 e. The fourth-order valence-corrected chi connectivity index (χ4v) is 3.08. The van der Waals surface area contributed by atoms with E-state index in [0.29, 0.717) is 10.1 Å². The van der Waals surface area contributed by atoms with E-state index in [1.807, 2.05) is 35.7 Å². The summed E-state index contributed by atoms with van der Waals surface area (Å²) in [6.07, 6.45) is 5.21. The third-order valence-electron chi connectivity index (χ3n) is 2.34. The number of amides is 1. The number of hydrogen-bond acceptors (Lipinski definition) is 5. The van der Waals surface area contributed by atoms with Gasteiger partial charge >= 0.3 is 0 Å². The van der Waals surface area contributed by atoms with Crippen LogP contribution in [0.5, 0.6) is 0 Å². The number of aliphatic imine (C=N–C) groups is 1. The van der Waals surface area contributed by atoms with E-state index < -0.39 is 0 Å². The van der Waals surface area contributed by atoms with Gasteiger partial charge in [-0.25, -0.2) is 4.99 Å². The normalized spacial score (nSPS) is 19.1. The number of carbonyl (C=O) groups excluding carboxylic acids is 1. The molecule has 1 fully saturated rings. The summed E-state index contributed by atoms with van der Waals surface area (Å²) < 4.78 is 0. The largest absolute Gasteiger partial charge is 0.300 e. The number of nitrogens with zero attached hydrogens (tertiary/aromatic N) is 2. The van der Waals surface area contributed by atoms with E-state index in [4.69, 9.17) is 0 Å². The first-order valence-corrected chi connectivity index (χ1v) is 7.24. The number of aromatic nitrogens is 1. The molecule has 94 valence electrons. The molecule has 0 bridgehead atoms. The first kappa shape index (κ1) is 12.1. The third kappa shape index (κ3) is 2.91. The van der Waals surface area contributed by atoms with Crippen LogP contribution in [0.2, 0.25) is 0 Å². The van der Waals surface area contributed by atoms with Crippen LogP contribution >= 0.6 is 23.1 Å². The van der Waals surface area contributed by atoms with Crippen molar-refractivity contribution >= 4 is 45.9 Å². The Bertz CT molecular complexity index is 648. The lowest BCUT2D eigenvalue weighted by Gasteiger charge is -1.94. The van der Waals surface area contributed by atoms with Gasteiger partial charge in [-0.1, -0.05) is 6.07 Å². The molecule has 1 aliphatic heterocycles. The SMILES string of the molecule is O=C1NC(=Nc2cccnc2)S/C1=C\c1cccs1. The fourth-order valence-electron chi connectivity index (χ4n) is 1.52. The van der Waals surface area contributed by atoms with Gasteiger partial charge in [0.2, 0.25) is 0 Å². The summed E-state index contributed by atoms with van der Waals surface area (Å²) in [6.45, 7) is 0. The first-order valence-electron chi connectivity index (χ1n) is 5.54.